The molecule has 6 heteroatoms. The van der Waals surface area contributed by atoms with Crippen LogP contribution in [0.25, 0.3) is 0 Å². The van der Waals surface area contributed by atoms with Crippen molar-refractivity contribution in [3.8, 4) is 0 Å². The molecule has 0 spiro atoms. The first-order valence-corrected chi connectivity index (χ1v) is 8.76. The van der Waals surface area contributed by atoms with Gasteiger partial charge in [0.2, 0.25) is 0 Å². The minimum Gasteiger partial charge on any atom is -0.393 e. The predicted octanol–water partition coefficient (Wildman–Crippen LogP) is 2.72. The number of sulfone groups is 1. The average Bonchev–Trinajstić information content (AvgIpc) is 2.63. The summed E-state index contributed by atoms with van der Waals surface area (Å²) in [7, 11) is -2.89. The van der Waals surface area contributed by atoms with E-state index in [1.807, 2.05) is 0 Å². The zero-order valence-corrected chi connectivity index (χ0v) is 12.7. The van der Waals surface area contributed by atoms with Crippen molar-refractivity contribution >= 4 is 33.0 Å². The molecule has 0 aromatic heterocycles. The lowest BCUT2D eigenvalue weighted by molar-refractivity contribution is 0.147. The van der Waals surface area contributed by atoms with Gasteiger partial charge in [-0.1, -0.05) is 23.2 Å². The minimum atomic E-state index is -2.89. The monoisotopic (exact) mass is 322 g/mol. The summed E-state index contributed by atoms with van der Waals surface area (Å²) in [6.07, 6.45) is 0.940. The lowest BCUT2D eigenvalue weighted by Gasteiger charge is -2.15. The van der Waals surface area contributed by atoms with Gasteiger partial charge in [-0.25, -0.2) is 8.42 Å². The maximum absolute atomic E-state index is 11.4. The SMILES string of the molecule is O=S1(=O)CCC(CC(O)Cc2cc(Cl)ccc2Cl)C1. The fourth-order valence-corrected chi connectivity index (χ4v) is 4.75. The van der Waals surface area contributed by atoms with Crippen molar-refractivity contribution in [1.29, 1.82) is 0 Å². The van der Waals surface area contributed by atoms with E-state index in [0.717, 1.165) is 5.56 Å². The molecule has 0 aliphatic carbocycles. The predicted molar refractivity (Wildman–Crippen MR) is 77.6 cm³/mol. The molecule has 1 heterocycles. The van der Waals surface area contributed by atoms with E-state index in [0.29, 0.717) is 29.3 Å². The van der Waals surface area contributed by atoms with E-state index in [2.05, 4.69) is 0 Å². The molecular weight excluding hydrogens is 307 g/mol. The summed E-state index contributed by atoms with van der Waals surface area (Å²) in [5.41, 5.74) is 0.794. The van der Waals surface area contributed by atoms with Gasteiger partial charge in [0.25, 0.3) is 0 Å². The molecule has 1 aromatic carbocycles. The molecular formula is C13H16Cl2O3S. The highest BCUT2D eigenvalue weighted by Gasteiger charge is 2.29. The molecule has 1 saturated heterocycles. The van der Waals surface area contributed by atoms with E-state index in [-0.39, 0.29) is 17.4 Å². The van der Waals surface area contributed by atoms with Crippen LogP contribution in [0.1, 0.15) is 18.4 Å². The Morgan fingerprint density at radius 3 is 2.74 bits per heavy atom. The molecule has 106 valence electrons. The third-order valence-corrected chi connectivity index (χ3v) is 5.84. The normalized spacial score (nSPS) is 23.4. The maximum atomic E-state index is 11.4. The maximum Gasteiger partial charge on any atom is 0.150 e. The van der Waals surface area contributed by atoms with Crippen molar-refractivity contribution in [3.05, 3.63) is 33.8 Å². The van der Waals surface area contributed by atoms with Crippen LogP contribution in [0.15, 0.2) is 18.2 Å². The molecule has 1 fully saturated rings. The van der Waals surface area contributed by atoms with Gasteiger partial charge < -0.3 is 5.11 Å². The van der Waals surface area contributed by atoms with Gasteiger partial charge >= 0.3 is 0 Å². The van der Waals surface area contributed by atoms with Gasteiger partial charge in [0.1, 0.15) is 0 Å². The molecule has 0 saturated carbocycles. The van der Waals surface area contributed by atoms with Gasteiger partial charge in [-0.05, 0) is 48.9 Å². The summed E-state index contributed by atoms with van der Waals surface area (Å²) >= 11 is 11.9. The second kappa shape index (κ2) is 6.00. The summed E-state index contributed by atoms with van der Waals surface area (Å²) < 4.78 is 22.7. The fourth-order valence-electron chi connectivity index (χ4n) is 2.48. The molecule has 2 unspecified atom stereocenters. The Morgan fingerprint density at radius 2 is 2.11 bits per heavy atom. The fraction of sp³-hybridized carbons (Fsp3) is 0.538. The molecule has 0 radical (unpaired) electrons. The van der Waals surface area contributed by atoms with Crippen LogP contribution >= 0.6 is 23.2 Å². The number of aliphatic hydroxyl groups excluding tert-OH is 1. The quantitative estimate of drug-likeness (QED) is 0.927. The standard InChI is InChI=1S/C13H16Cl2O3S/c14-11-1-2-13(15)10(6-11)7-12(16)5-9-3-4-19(17,18)8-9/h1-2,6,9,12,16H,3-5,7-8H2. The van der Waals surface area contributed by atoms with Crippen LogP contribution in [0, 0.1) is 5.92 Å². The van der Waals surface area contributed by atoms with Crippen LogP contribution in [-0.2, 0) is 16.3 Å². The average molecular weight is 323 g/mol. The van der Waals surface area contributed by atoms with Crippen LogP contribution in [0.3, 0.4) is 0 Å². The van der Waals surface area contributed by atoms with Gasteiger partial charge in [-0.2, -0.15) is 0 Å². The van der Waals surface area contributed by atoms with Crippen LogP contribution in [0.2, 0.25) is 10.0 Å². The summed E-state index contributed by atoms with van der Waals surface area (Å²) in [5, 5.41) is 11.2. The second-order valence-electron chi connectivity index (χ2n) is 5.10. The van der Waals surface area contributed by atoms with Crippen molar-refractivity contribution < 1.29 is 13.5 Å². The first kappa shape index (κ1) is 15.1. The lowest BCUT2D eigenvalue weighted by Crippen LogP contribution is -2.17. The molecule has 19 heavy (non-hydrogen) atoms. The van der Waals surface area contributed by atoms with E-state index in [1.54, 1.807) is 18.2 Å². The van der Waals surface area contributed by atoms with Gasteiger partial charge in [0.15, 0.2) is 9.84 Å². The molecule has 2 atom stereocenters. The van der Waals surface area contributed by atoms with Crippen LogP contribution in [-0.4, -0.2) is 31.1 Å². The summed E-state index contributed by atoms with van der Waals surface area (Å²) in [6.45, 7) is 0. The van der Waals surface area contributed by atoms with E-state index in [9.17, 15) is 13.5 Å². The molecule has 1 aromatic rings. The third kappa shape index (κ3) is 4.35. The van der Waals surface area contributed by atoms with Crippen LogP contribution in [0.4, 0.5) is 0 Å². The highest BCUT2D eigenvalue weighted by atomic mass is 35.5. The Hall–Kier alpha value is -0.290. The van der Waals surface area contributed by atoms with Crippen molar-refractivity contribution in [2.75, 3.05) is 11.5 Å². The molecule has 1 aliphatic rings. The van der Waals surface area contributed by atoms with E-state index >= 15 is 0 Å². The zero-order valence-electron chi connectivity index (χ0n) is 10.4. The second-order valence-corrected chi connectivity index (χ2v) is 8.17. The first-order chi connectivity index (χ1) is 8.85. The van der Waals surface area contributed by atoms with Crippen molar-refractivity contribution in [1.82, 2.24) is 0 Å². The number of aliphatic hydroxyl groups is 1. The minimum absolute atomic E-state index is 0.0537. The Bertz CT molecular complexity index is 557. The van der Waals surface area contributed by atoms with Gasteiger partial charge in [-0.15, -0.1) is 0 Å². The molecule has 0 amide bonds. The lowest BCUT2D eigenvalue weighted by atomic mass is 9.97. The zero-order chi connectivity index (χ0) is 14.0. The van der Waals surface area contributed by atoms with Crippen LogP contribution in [0.5, 0.6) is 0 Å². The number of hydrogen-bond acceptors (Lipinski definition) is 3. The molecule has 0 bridgehead atoms. The topological polar surface area (TPSA) is 54.4 Å². The highest BCUT2D eigenvalue weighted by molar-refractivity contribution is 7.91. The summed E-state index contributed by atoms with van der Waals surface area (Å²) in [4.78, 5) is 0. The molecule has 2 rings (SSSR count). The number of rotatable bonds is 4. The largest absolute Gasteiger partial charge is 0.393 e. The Balaban J connectivity index is 1.94. The van der Waals surface area contributed by atoms with E-state index in [1.165, 1.54) is 0 Å². The Morgan fingerprint density at radius 1 is 1.37 bits per heavy atom. The smallest absolute Gasteiger partial charge is 0.150 e. The van der Waals surface area contributed by atoms with E-state index < -0.39 is 15.9 Å². The number of hydrogen-bond donors (Lipinski definition) is 1. The highest BCUT2D eigenvalue weighted by Crippen LogP contribution is 2.26. The summed E-state index contributed by atoms with van der Waals surface area (Å²) in [5.74, 6) is 0.480. The first-order valence-electron chi connectivity index (χ1n) is 6.18. The molecule has 1 N–H and O–H groups in total. The number of halogens is 2. The molecule has 3 nitrogen and oxygen atoms in total. The van der Waals surface area contributed by atoms with Gasteiger partial charge in [0.05, 0.1) is 17.6 Å². The van der Waals surface area contributed by atoms with Gasteiger partial charge in [0, 0.05) is 10.0 Å². The molecule has 1 aliphatic heterocycles. The Labute approximate surface area is 123 Å². The van der Waals surface area contributed by atoms with Crippen LogP contribution < -0.4 is 0 Å². The third-order valence-electron chi connectivity index (χ3n) is 3.40. The summed E-state index contributed by atoms with van der Waals surface area (Å²) in [6, 6.07) is 5.13. The Kier molecular flexibility index (Phi) is 4.77. The number of benzene rings is 1. The van der Waals surface area contributed by atoms with Crippen molar-refractivity contribution in [2.45, 2.75) is 25.4 Å². The van der Waals surface area contributed by atoms with Crippen molar-refractivity contribution in [2.24, 2.45) is 5.92 Å². The van der Waals surface area contributed by atoms with Gasteiger partial charge in [-0.3, -0.25) is 0 Å². The van der Waals surface area contributed by atoms with E-state index in [4.69, 9.17) is 23.2 Å². The van der Waals surface area contributed by atoms with Crippen molar-refractivity contribution in [3.63, 3.8) is 0 Å².